The maximum absolute atomic E-state index is 13.4. The molecule has 2 aliphatic heterocycles. The molecule has 0 radical (unpaired) electrons. The first-order valence-corrected chi connectivity index (χ1v) is 9.10. The number of hydrogen-bond donors (Lipinski definition) is 2. The Morgan fingerprint density at radius 1 is 1.44 bits per heavy atom. The molecule has 1 fully saturated rings. The molecule has 8 nitrogen and oxygen atoms in total. The Bertz CT molecular complexity index is 715. The molecule has 1 unspecified atom stereocenters. The van der Waals surface area contributed by atoms with Crippen molar-refractivity contribution >= 4 is 11.7 Å². The van der Waals surface area contributed by atoms with Gasteiger partial charge in [0.2, 0.25) is 5.91 Å². The van der Waals surface area contributed by atoms with Crippen LogP contribution in [0.5, 0.6) is 5.75 Å². The second-order valence-corrected chi connectivity index (χ2v) is 7.33. The fraction of sp³-hybridized carbons (Fsp3) is 0.579. The van der Waals surface area contributed by atoms with Gasteiger partial charge in [0.05, 0.1) is 18.1 Å². The zero-order valence-corrected chi connectivity index (χ0v) is 15.8. The Morgan fingerprint density at radius 2 is 2.19 bits per heavy atom. The molecular weight excluding hydrogens is 350 g/mol. The van der Waals surface area contributed by atoms with Crippen molar-refractivity contribution in [2.45, 2.75) is 32.4 Å². The summed E-state index contributed by atoms with van der Waals surface area (Å²) in [6, 6.07) is 5.15. The quantitative estimate of drug-likeness (QED) is 0.355. The standard InChI is InChI=1S/C19H27N3O5/c1-19(5-7-26-8-6-19)18(23)22-10-14-4-3-13(17(20)21-24)9-16(14)27-12-15(22)11-25-2/h3-4,9,15,24H,5-8,10-12H2,1-2H3,(H2,20,21). The number of ether oxygens (including phenoxy) is 3. The molecule has 3 rings (SSSR count). The average molecular weight is 377 g/mol. The average Bonchev–Trinajstić information content (AvgIpc) is 2.86. The number of rotatable bonds is 4. The molecule has 0 spiro atoms. The van der Waals surface area contributed by atoms with Gasteiger partial charge in [-0.1, -0.05) is 24.2 Å². The van der Waals surface area contributed by atoms with Crippen LogP contribution in [-0.2, 0) is 20.8 Å². The summed E-state index contributed by atoms with van der Waals surface area (Å²) in [5.41, 5.74) is 6.69. The summed E-state index contributed by atoms with van der Waals surface area (Å²) in [7, 11) is 1.62. The van der Waals surface area contributed by atoms with Crippen molar-refractivity contribution in [3.63, 3.8) is 0 Å². The molecule has 27 heavy (non-hydrogen) atoms. The van der Waals surface area contributed by atoms with Crippen LogP contribution in [0.25, 0.3) is 0 Å². The number of carbonyl (C=O) groups is 1. The van der Waals surface area contributed by atoms with E-state index in [0.717, 1.165) is 5.56 Å². The number of nitrogens with two attached hydrogens (primary N) is 1. The zero-order valence-electron chi connectivity index (χ0n) is 15.8. The lowest BCUT2D eigenvalue weighted by Crippen LogP contribution is -2.51. The maximum atomic E-state index is 13.4. The summed E-state index contributed by atoms with van der Waals surface area (Å²) in [4.78, 5) is 15.3. The Labute approximate surface area is 158 Å². The number of hydrogen-bond acceptors (Lipinski definition) is 6. The van der Waals surface area contributed by atoms with E-state index in [-0.39, 0.29) is 17.8 Å². The normalized spacial score (nSPS) is 22.5. The molecule has 2 heterocycles. The molecular formula is C19H27N3O5. The van der Waals surface area contributed by atoms with Crippen molar-refractivity contribution in [3.8, 4) is 5.75 Å². The lowest BCUT2D eigenvalue weighted by molar-refractivity contribution is -0.151. The second kappa shape index (κ2) is 8.14. The highest BCUT2D eigenvalue weighted by Gasteiger charge is 2.41. The Hall–Kier alpha value is -2.32. The SMILES string of the molecule is COCC1COc2cc(/C(N)=N/O)ccc2CN1C(=O)C1(C)CCOCC1. The van der Waals surface area contributed by atoms with Gasteiger partial charge in [0, 0.05) is 38.0 Å². The van der Waals surface area contributed by atoms with Crippen LogP contribution in [0.4, 0.5) is 0 Å². The molecule has 2 aliphatic rings. The van der Waals surface area contributed by atoms with Crippen molar-refractivity contribution in [1.82, 2.24) is 4.90 Å². The minimum atomic E-state index is -0.442. The third-order valence-electron chi connectivity index (χ3n) is 5.42. The van der Waals surface area contributed by atoms with Crippen molar-refractivity contribution < 1.29 is 24.2 Å². The van der Waals surface area contributed by atoms with Crippen LogP contribution >= 0.6 is 0 Å². The van der Waals surface area contributed by atoms with Crippen molar-refractivity contribution in [2.75, 3.05) is 33.5 Å². The van der Waals surface area contributed by atoms with Crippen LogP contribution in [0.15, 0.2) is 23.4 Å². The Morgan fingerprint density at radius 3 is 2.85 bits per heavy atom. The summed E-state index contributed by atoms with van der Waals surface area (Å²) in [6.45, 7) is 4.34. The third-order valence-corrected chi connectivity index (χ3v) is 5.42. The first kappa shape index (κ1) is 19.4. The number of fused-ring (bicyclic) bond motifs is 1. The largest absolute Gasteiger partial charge is 0.491 e. The van der Waals surface area contributed by atoms with Crippen LogP contribution in [0, 0.1) is 5.41 Å². The summed E-state index contributed by atoms with van der Waals surface area (Å²) >= 11 is 0. The number of oxime groups is 1. The molecule has 0 aliphatic carbocycles. The molecule has 3 N–H and O–H groups in total. The summed E-state index contributed by atoms with van der Waals surface area (Å²) in [5.74, 6) is 0.749. The first-order valence-electron chi connectivity index (χ1n) is 9.10. The summed E-state index contributed by atoms with van der Waals surface area (Å²) in [6.07, 6.45) is 1.41. The van der Waals surface area contributed by atoms with Crippen LogP contribution in [-0.4, -0.2) is 61.4 Å². The van der Waals surface area contributed by atoms with Gasteiger partial charge in [0.15, 0.2) is 5.84 Å². The van der Waals surface area contributed by atoms with E-state index in [1.54, 1.807) is 19.2 Å². The molecule has 148 valence electrons. The van der Waals surface area contributed by atoms with E-state index in [9.17, 15) is 4.79 Å². The minimum absolute atomic E-state index is 0.0155. The minimum Gasteiger partial charge on any atom is -0.491 e. The van der Waals surface area contributed by atoms with Gasteiger partial charge in [-0.15, -0.1) is 0 Å². The van der Waals surface area contributed by atoms with Gasteiger partial charge < -0.3 is 30.1 Å². The van der Waals surface area contributed by atoms with E-state index in [0.29, 0.717) is 57.1 Å². The highest BCUT2D eigenvalue weighted by atomic mass is 16.5. The van der Waals surface area contributed by atoms with E-state index in [4.69, 9.17) is 25.2 Å². The molecule has 1 aromatic carbocycles. The summed E-state index contributed by atoms with van der Waals surface area (Å²) < 4.78 is 16.7. The van der Waals surface area contributed by atoms with Crippen molar-refractivity contribution in [2.24, 2.45) is 16.3 Å². The highest BCUT2D eigenvalue weighted by Crippen LogP contribution is 2.35. The molecule has 1 saturated heterocycles. The number of amidine groups is 1. The van der Waals surface area contributed by atoms with Gasteiger partial charge in [-0.3, -0.25) is 4.79 Å². The van der Waals surface area contributed by atoms with E-state index in [1.165, 1.54) is 0 Å². The molecule has 0 saturated carbocycles. The van der Waals surface area contributed by atoms with Crippen LogP contribution in [0.2, 0.25) is 0 Å². The van der Waals surface area contributed by atoms with Gasteiger partial charge >= 0.3 is 0 Å². The molecule has 8 heteroatoms. The number of benzene rings is 1. The molecule has 1 amide bonds. The van der Waals surface area contributed by atoms with Gasteiger partial charge in [0.1, 0.15) is 12.4 Å². The number of amides is 1. The van der Waals surface area contributed by atoms with E-state index < -0.39 is 5.41 Å². The second-order valence-electron chi connectivity index (χ2n) is 7.33. The predicted molar refractivity (Wildman–Crippen MR) is 98.8 cm³/mol. The Kier molecular flexibility index (Phi) is 5.86. The molecule has 0 bridgehead atoms. The van der Waals surface area contributed by atoms with E-state index >= 15 is 0 Å². The predicted octanol–water partition coefficient (Wildman–Crippen LogP) is 1.33. The number of carbonyl (C=O) groups excluding carboxylic acids is 1. The molecule has 1 atom stereocenters. The number of methoxy groups -OCH3 is 1. The van der Waals surface area contributed by atoms with Crippen molar-refractivity contribution in [1.29, 1.82) is 0 Å². The van der Waals surface area contributed by atoms with Crippen LogP contribution in [0.3, 0.4) is 0 Å². The van der Waals surface area contributed by atoms with Gasteiger partial charge in [-0.2, -0.15) is 0 Å². The summed E-state index contributed by atoms with van der Waals surface area (Å²) in [5, 5.41) is 11.9. The van der Waals surface area contributed by atoms with Crippen LogP contribution in [0.1, 0.15) is 30.9 Å². The third kappa shape index (κ3) is 4.01. The fourth-order valence-electron chi connectivity index (χ4n) is 3.58. The fourth-order valence-corrected chi connectivity index (χ4v) is 3.58. The lowest BCUT2D eigenvalue weighted by atomic mass is 9.80. The van der Waals surface area contributed by atoms with Crippen LogP contribution < -0.4 is 10.5 Å². The van der Waals surface area contributed by atoms with E-state index in [1.807, 2.05) is 17.9 Å². The molecule has 1 aromatic rings. The first-order chi connectivity index (χ1) is 13.0. The maximum Gasteiger partial charge on any atom is 0.229 e. The van der Waals surface area contributed by atoms with E-state index in [2.05, 4.69) is 5.16 Å². The topological polar surface area (TPSA) is 107 Å². The Balaban J connectivity index is 1.90. The zero-order chi connectivity index (χ0) is 19.4. The van der Waals surface area contributed by atoms with Gasteiger partial charge in [-0.05, 0) is 18.9 Å². The van der Waals surface area contributed by atoms with Gasteiger partial charge in [-0.25, -0.2) is 0 Å². The smallest absolute Gasteiger partial charge is 0.229 e. The molecule has 0 aromatic heterocycles. The monoisotopic (exact) mass is 377 g/mol. The van der Waals surface area contributed by atoms with Crippen molar-refractivity contribution in [3.05, 3.63) is 29.3 Å². The number of nitrogens with zero attached hydrogens (tertiary/aromatic N) is 2. The van der Waals surface area contributed by atoms with Gasteiger partial charge in [0.25, 0.3) is 0 Å². The lowest BCUT2D eigenvalue weighted by Gasteiger charge is -2.39. The highest BCUT2D eigenvalue weighted by molar-refractivity contribution is 5.97.